The molecule has 144 valence electrons. The molecule has 0 bridgehead atoms. The third-order valence-corrected chi connectivity index (χ3v) is 4.88. The SMILES string of the molecule is CCOC(=O)C1CCCN(C(=O)C(C)Oc2ccc(C(C)C)c(C)c2)C1. The quantitative estimate of drug-likeness (QED) is 0.725. The number of esters is 1. The Kier molecular flexibility index (Phi) is 7.06. The Morgan fingerprint density at radius 1 is 1.27 bits per heavy atom. The number of carbonyl (C=O) groups is 2. The highest BCUT2D eigenvalue weighted by atomic mass is 16.5. The molecule has 0 aromatic heterocycles. The number of piperidine rings is 1. The highest BCUT2D eigenvalue weighted by Gasteiger charge is 2.31. The maximum Gasteiger partial charge on any atom is 0.310 e. The van der Waals surface area contributed by atoms with Gasteiger partial charge in [0.05, 0.1) is 12.5 Å². The van der Waals surface area contributed by atoms with Crippen molar-refractivity contribution in [3.63, 3.8) is 0 Å². The highest BCUT2D eigenvalue weighted by molar-refractivity contribution is 5.82. The predicted molar refractivity (Wildman–Crippen MR) is 101 cm³/mol. The Morgan fingerprint density at radius 2 is 2.00 bits per heavy atom. The van der Waals surface area contributed by atoms with Gasteiger partial charge in [-0.3, -0.25) is 9.59 Å². The van der Waals surface area contributed by atoms with Crippen molar-refractivity contribution in [3.05, 3.63) is 29.3 Å². The number of carbonyl (C=O) groups excluding carboxylic acids is 2. The lowest BCUT2D eigenvalue weighted by atomic mass is 9.97. The summed E-state index contributed by atoms with van der Waals surface area (Å²) in [6.07, 6.45) is 0.998. The van der Waals surface area contributed by atoms with Gasteiger partial charge in [-0.05, 0) is 62.8 Å². The standard InChI is InChI=1S/C21H31NO4/c1-6-25-21(24)17-8-7-11-22(13-17)20(23)16(5)26-18-9-10-19(14(2)3)15(4)12-18/h9-10,12,14,16-17H,6-8,11,13H2,1-5H3. The Bertz CT molecular complexity index is 641. The third kappa shape index (κ3) is 4.99. The summed E-state index contributed by atoms with van der Waals surface area (Å²) in [5.41, 5.74) is 2.45. The fourth-order valence-corrected chi connectivity index (χ4v) is 3.51. The third-order valence-electron chi connectivity index (χ3n) is 4.88. The van der Waals surface area contributed by atoms with Gasteiger partial charge in [0.25, 0.3) is 5.91 Å². The first-order chi connectivity index (χ1) is 12.3. The molecule has 2 unspecified atom stereocenters. The molecule has 1 amide bonds. The second-order valence-electron chi connectivity index (χ2n) is 7.31. The summed E-state index contributed by atoms with van der Waals surface area (Å²) in [6.45, 7) is 11.4. The number of aryl methyl sites for hydroxylation is 1. The first kappa shape index (κ1) is 20.3. The summed E-state index contributed by atoms with van der Waals surface area (Å²) in [4.78, 5) is 26.4. The molecule has 5 heteroatoms. The number of likely N-dealkylation sites (tertiary alicyclic amines) is 1. The number of benzene rings is 1. The van der Waals surface area contributed by atoms with Crippen LogP contribution in [0.4, 0.5) is 0 Å². The van der Waals surface area contributed by atoms with Gasteiger partial charge in [0, 0.05) is 13.1 Å². The maximum absolute atomic E-state index is 12.7. The maximum atomic E-state index is 12.7. The van der Waals surface area contributed by atoms with Gasteiger partial charge < -0.3 is 14.4 Å². The highest BCUT2D eigenvalue weighted by Crippen LogP contribution is 2.25. The molecule has 5 nitrogen and oxygen atoms in total. The van der Waals surface area contributed by atoms with Gasteiger partial charge in [0.2, 0.25) is 0 Å². The minimum atomic E-state index is -0.583. The molecule has 1 aliphatic rings. The normalized spacial score (nSPS) is 18.5. The largest absolute Gasteiger partial charge is 0.481 e. The van der Waals surface area contributed by atoms with Gasteiger partial charge >= 0.3 is 5.97 Å². The van der Waals surface area contributed by atoms with E-state index in [1.807, 2.05) is 12.1 Å². The molecular formula is C21H31NO4. The zero-order valence-corrected chi connectivity index (χ0v) is 16.6. The van der Waals surface area contributed by atoms with Gasteiger partial charge in [0.1, 0.15) is 5.75 Å². The molecule has 1 aliphatic heterocycles. The van der Waals surface area contributed by atoms with Crippen LogP contribution < -0.4 is 4.74 Å². The molecular weight excluding hydrogens is 330 g/mol. The Hall–Kier alpha value is -2.04. The molecule has 0 saturated carbocycles. The molecule has 1 saturated heterocycles. The number of nitrogens with zero attached hydrogens (tertiary/aromatic N) is 1. The van der Waals surface area contributed by atoms with E-state index < -0.39 is 6.10 Å². The van der Waals surface area contributed by atoms with Crippen LogP contribution in [0, 0.1) is 12.8 Å². The second kappa shape index (κ2) is 9.06. The lowest BCUT2D eigenvalue weighted by Crippen LogP contribution is -2.47. The Balaban J connectivity index is 1.98. The van der Waals surface area contributed by atoms with E-state index in [1.54, 1.807) is 18.7 Å². The van der Waals surface area contributed by atoms with Crippen molar-refractivity contribution in [1.82, 2.24) is 4.90 Å². The zero-order chi connectivity index (χ0) is 19.3. The van der Waals surface area contributed by atoms with Gasteiger partial charge in [-0.15, -0.1) is 0 Å². The van der Waals surface area contributed by atoms with Crippen LogP contribution in [0.25, 0.3) is 0 Å². The number of hydrogen-bond donors (Lipinski definition) is 0. The topological polar surface area (TPSA) is 55.8 Å². The van der Waals surface area contributed by atoms with Gasteiger partial charge in [-0.25, -0.2) is 0 Å². The van der Waals surface area contributed by atoms with Crippen molar-refractivity contribution in [2.45, 2.75) is 59.5 Å². The molecule has 1 heterocycles. The van der Waals surface area contributed by atoms with E-state index >= 15 is 0 Å². The van der Waals surface area contributed by atoms with E-state index in [4.69, 9.17) is 9.47 Å². The van der Waals surface area contributed by atoms with Crippen molar-refractivity contribution in [2.24, 2.45) is 5.92 Å². The average Bonchev–Trinajstić information content (AvgIpc) is 2.61. The van der Waals surface area contributed by atoms with Crippen molar-refractivity contribution in [1.29, 1.82) is 0 Å². The molecule has 26 heavy (non-hydrogen) atoms. The number of rotatable bonds is 6. The van der Waals surface area contributed by atoms with E-state index in [9.17, 15) is 9.59 Å². The fraction of sp³-hybridized carbons (Fsp3) is 0.619. The summed E-state index contributed by atoms with van der Waals surface area (Å²) in [5.74, 6) is 0.637. The first-order valence-corrected chi connectivity index (χ1v) is 9.56. The first-order valence-electron chi connectivity index (χ1n) is 9.56. The summed E-state index contributed by atoms with van der Waals surface area (Å²) >= 11 is 0. The molecule has 0 N–H and O–H groups in total. The summed E-state index contributed by atoms with van der Waals surface area (Å²) in [5, 5.41) is 0. The lowest BCUT2D eigenvalue weighted by Gasteiger charge is -2.33. The average molecular weight is 361 g/mol. The van der Waals surface area contributed by atoms with E-state index in [-0.39, 0.29) is 17.8 Å². The number of hydrogen-bond acceptors (Lipinski definition) is 4. The van der Waals surface area contributed by atoms with Crippen LogP contribution in [-0.2, 0) is 14.3 Å². The lowest BCUT2D eigenvalue weighted by molar-refractivity contribution is -0.152. The molecule has 1 fully saturated rings. The smallest absolute Gasteiger partial charge is 0.310 e. The van der Waals surface area contributed by atoms with Gasteiger partial charge in [0.15, 0.2) is 6.10 Å². The molecule has 0 aliphatic carbocycles. The Labute approximate surface area is 156 Å². The van der Waals surface area contributed by atoms with Crippen molar-refractivity contribution in [2.75, 3.05) is 19.7 Å². The van der Waals surface area contributed by atoms with Crippen molar-refractivity contribution < 1.29 is 19.1 Å². The second-order valence-corrected chi connectivity index (χ2v) is 7.31. The van der Waals surface area contributed by atoms with E-state index in [0.29, 0.717) is 31.4 Å². The van der Waals surface area contributed by atoms with Crippen LogP contribution >= 0.6 is 0 Å². The predicted octanol–water partition coefficient (Wildman–Crippen LogP) is 3.69. The van der Waals surface area contributed by atoms with Crippen LogP contribution in [-0.4, -0.2) is 42.6 Å². The van der Waals surface area contributed by atoms with Crippen LogP contribution in [0.5, 0.6) is 5.75 Å². The molecule has 1 aromatic rings. The van der Waals surface area contributed by atoms with Crippen LogP contribution in [0.1, 0.15) is 57.6 Å². The fourth-order valence-electron chi connectivity index (χ4n) is 3.51. The van der Waals surface area contributed by atoms with E-state index in [1.165, 1.54) is 5.56 Å². The van der Waals surface area contributed by atoms with Crippen LogP contribution in [0.3, 0.4) is 0 Å². The van der Waals surface area contributed by atoms with Gasteiger partial charge in [-0.1, -0.05) is 19.9 Å². The number of amides is 1. The van der Waals surface area contributed by atoms with Crippen molar-refractivity contribution in [3.8, 4) is 5.75 Å². The monoisotopic (exact) mass is 361 g/mol. The van der Waals surface area contributed by atoms with Crippen LogP contribution in [0.15, 0.2) is 18.2 Å². The molecule has 2 rings (SSSR count). The minimum absolute atomic E-state index is 0.0791. The summed E-state index contributed by atoms with van der Waals surface area (Å²) < 4.78 is 11.0. The van der Waals surface area contributed by atoms with E-state index in [0.717, 1.165) is 18.4 Å². The molecule has 0 spiro atoms. The number of ether oxygens (including phenoxy) is 2. The summed E-state index contributed by atoms with van der Waals surface area (Å²) in [7, 11) is 0. The molecule has 2 atom stereocenters. The minimum Gasteiger partial charge on any atom is -0.481 e. The summed E-state index contributed by atoms with van der Waals surface area (Å²) in [6, 6.07) is 5.96. The van der Waals surface area contributed by atoms with Crippen molar-refractivity contribution >= 4 is 11.9 Å². The van der Waals surface area contributed by atoms with Gasteiger partial charge in [-0.2, -0.15) is 0 Å². The Morgan fingerprint density at radius 3 is 2.62 bits per heavy atom. The zero-order valence-electron chi connectivity index (χ0n) is 16.6. The van der Waals surface area contributed by atoms with E-state index in [2.05, 4.69) is 26.8 Å². The van der Waals surface area contributed by atoms with Crippen LogP contribution in [0.2, 0.25) is 0 Å². The molecule has 0 radical (unpaired) electrons. The molecule has 1 aromatic carbocycles.